The van der Waals surface area contributed by atoms with Crippen LogP contribution in [0.15, 0.2) is 38.6 Å². The normalized spacial score (nSPS) is 14.6. The van der Waals surface area contributed by atoms with Gasteiger partial charge in [0.1, 0.15) is 11.3 Å². The number of hydrogen-bond acceptors (Lipinski definition) is 8. The number of aromatic nitrogens is 3. The predicted octanol–water partition coefficient (Wildman–Crippen LogP) is 2.54. The third-order valence-corrected chi connectivity index (χ3v) is 5.72. The van der Waals surface area contributed by atoms with Crippen molar-refractivity contribution in [3.05, 3.63) is 40.2 Å². The lowest BCUT2D eigenvalue weighted by Gasteiger charge is -2.27. The fourth-order valence-corrected chi connectivity index (χ4v) is 4.25. The molecule has 0 radical (unpaired) electrons. The van der Waals surface area contributed by atoms with Gasteiger partial charge in [-0.25, -0.2) is 4.79 Å². The van der Waals surface area contributed by atoms with E-state index in [0.29, 0.717) is 30.3 Å². The van der Waals surface area contributed by atoms with E-state index in [9.17, 15) is 4.79 Å². The first-order valence-corrected chi connectivity index (χ1v) is 10.2. The Bertz CT molecular complexity index is 1030. The van der Waals surface area contributed by atoms with Crippen molar-refractivity contribution in [3.63, 3.8) is 0 Å². The topological polar surface area (TPSA) is 82.6 Å². The molecule has 0 spiro atoms. The number of fused-ring (bicyclic) bond motifs is 1. The Labute approximate surface area is 166 Å². The maximum absolute atomic E-state index is 12.0. The van der Waals surface area contributed by atoms with Gasteiger partial charge >= 0.3 is 5.63 Å². The zero-order valence-electron chi connectivity index (χ0n) is 15.9. The van der Waals surface area contributed by atoms with Gasteiger partial charge in [0, 0.05) is 42.9 Å². The summed E-state index contributed by atoms with van der Waals surface area (Å²) in [5.41, 5.74) is 1.05. The van der Waals surface area contributed by atoms with Crippen molar-refractivity contribution in [2.75, 3.05) is 38.3 Å². The first-order chi connectivity index (χ1) is 13.7. The maximum Gasteiger partial charge on any atom is 0.336 e. The number of methoxy groups -OCH3 is 1. The van der Waals surface area contributed by atoms with Crippen LogP contribution in [0, 0.1) is 0 Å². The first-order valence-electron chi connectivity index (χ1n) is 9.19. The Morgan fingerprint density at radius 1 is 1.21 bits per heavy atom. The molecule has 0 saturated carbocycles. The van der Waals surface area contributed by atoms with Crippen molar-refractivity contribution in [1.82, 2.24) is 14.8 Å². The summed E-state index contributed by atoms with van der Waals surface area (Å²) in [6.45, 7) is 5.89. The summed E-state index contributed by atoms with van der Waals surface area (Å²) in [6.07, 6.45) is 0. The SMILES string of the molecule is CCn1c(SCc2cc(=O)oc3cc(OC)ccc23)nnc1N1CCOCC1. The molecule has 1 aliphatic rings. The van der Waals surface area contributed by atoms with Crippen molar-refractivity contribution in [2.45, 2.75) is 24.4 Å². The van der Waals surface area contributed by atoms with Gasteiger partial charge in [0.15, 0.2) is 5.16 Å². The lowest BCUT2D eigenvalue weighted by atomic mass is 10.1. The highest BCUT2D eigenvalue weighted by atomic mass is 32.2. The van der Waals surface area contributed by atoms with E-state index >= 15 is 0 Å². The van der Waals surface area contributed by atoms with Gasteiger partial charge in [-0.2, -0.15) is 0 Å². The van der Waals surface area contributed by atoms with E-state index in [1.165, 1.54) is 6.07 Å². The molecule has 2 aromatic heterocycles. The number of anilines is 1. The van der Waals surface area contributed by atoms with Crippen LogP contribution in [0.1, 0.15) is 12.5 Å². The van der Waals surface area contributed by atoms with Crippen LogP contribution in [0.4, 0.5) is 5.95 Å². The van der Waals surface area contributed by atoms with Crippen molar-refractivity contribution in [3.8, 4) is 5.75 Å². The molecular formula is C19H22N4O4S. The Hall–Kier alpha value is -2.52. The van der Waals surface area contributed by atoms with E-state index < -0.39 is 0 Å². The van der Waals surface area contributed by atoms with Gasteiger partial charge in [-0.1, -0.05) is 11.8 Å². The Balaban J connectivity index is 1.59. The molecule has 0 atom stereocenters. The summed E-state index contributed by atoms with van der Waals surface area (Å²) in [5.74, 6) is 2.12. The molecule has 1 saturated heterocycles. The number of ether oxygens (including phenoxy) is 2. The molecule has 0 N–H and O–H groups in total. The van der Waals surface area contributed by atoms with Crippen molar-refractivity contribution in [2.24, 2.45) is 0 Å². The van der Waals surface area contributed by atoms with E-state index in [2.05, 4.69) is 26.6 Å². The minimum Gasteiger partial charge on any atom is -0.497 e. The molecule has 3 heterocycles. The number of hydrogen-bond donors (Lipinski definition) is 0. The fourth-order valence-electron chi connectivity index (χ4n) is 3.26. The van der Waals surface area contributed by atoms with Crippen molar-refractivity contribution < 1.29 is 13.9 Å². The molecule has 28 heavy (non-hydrogen) atoms. The maximum atomic E-state index is 12.0. The van der Waals surface area contributed by atoms with Gasteiger partial charge < -0.3 is 18.8 Å². The molecule has 0 bridgehead atoms. The number of nitrogens with zero attached hydrogens (tertiary/aromatic N) is 4. The van der Waals surface area contributed by atoms with Crippen LogP contribution in [0.3, 0.4) is 0 Å². The van der Waals surface area contributed by atoms with Crippen LogP contribution in [0.25, 0.3) is 11.0 Å². The molecule has 3 aromatic rings. The summed E-state index contributed by atoms with van der Waals surface area (Å²) in [7, 11) is 1.59. The van der Waals surface area contributed by atoms with Gasteiger partial charge in [-0.15, -0.1) is 10.2 Å². The largest absolute Gasteiger partial charge is 0.497 e. The molecular weight excluding hydrogens is 380 g/mol. The van der Waals surface area contributed by atoms with E-state index in [-0.39, 0.29) is 5.63 Å². The summed E-state index contributed by atoms with van der Waals surface area (Å²) in [5, 5.41) is 10.5. The predicted molar refractivity (Wildman–Crippen MR) is 107 cm³/mol. The van der Waals surface area contributed by atoms with Crippen LogP contribution in [0.5, 0.6) is 5.75 Å². The van der Waals surface area contributed by atoms with Crippen molar-refractivity contribution in [1.29, 1.82) is 0 Å². The minimum atomic E-state index is -0.373. The van der Waals surface area contributed by atoms with E-state index in [1.807, 2.05) is 12.1 Å². The second-order valence-electron chi connectivity index (χ2n) is 6.37. The second-order valence-corrected chi connectivity index (χ2v) is 7.31. The quantitative estimate of drug-likeness (QED) is 0.460. The summed E-state index contributed by atoms with van der Waals surface area (Å²) < 4.78 is 18.1. The highest BCUT2D eigenvalue weighted by Crippen LogP contribution is 2.29. The average Bonchev–Trinajstić information content (AvgIpc) is 3.14. The standard InChI is InChI=1S/C19H22N4O4S/c1-3-23-18(22-6-8-26-9-7-22)20-21-19(23)28-12-13-10-17(24)27-16-11-14(25-2)4-5-15(13)16/h4-5,10-11H,3,6-9,12H2,1-2H3. The molecule has 148 valence electrons. The highest BCUT2D eigenvalue weighted by molar-refractivity contribution is 7.98. The van der Waals surface area contributed by atoms with Crippen molar-refractivity contribution >= 4 is 28.7 Å². The third-order valence-electron chi connectivity index (χ3n) is 4.70. The Morgan fingerprint density at radius 3 is 2.79 bits per heavy atom. The van der Waals surface area contributed by atoms with Gasteiger partial charge in [-0.05, 0) is 24.6 Å². The fraction of sp³-hybridized carbons (Fsp3) is 0.421. The molecule has 1 aromatic carbocycles. The molecule has 0 amide bonds. The van der Waals surface area contributed by atoms with Crippen LogP contribution in [0.2, 0.25) is 0 Å². The monoisotopic (exact) mass is 402 g/mol. The van der Waals surface area contributed by atoms with Crippen LogP contribution >= 0.6 is 11.8 Å². The summed E-state index contributed by atoms with van der Waals surface area (Å²) in [6, 6.07) is 7.05. The van der Waals surface area contributed by atoms with Crippen LogP contribution in [-0.2, 0) is 17.0 Å². The van der Waals surface area contributed by atoms with Gasteiger partial charge in [0.2, 0.25) is 5.95 Å². The number of rotatable bonds is 6. The number of morpholine rings is 1. The summed E-state index contributed by atoms with van der Waals surface area (Å²) in [4.78, 5) is 14.2. The minimum absolute atomic E-state index is 0.373. The zero-order chi connectivity index (χ0) is 19.5. The molecule has 0 unspecified atom stereocenters. The lowest BCUT2D eigenvalue weighted by Crippen LogP contribution is -2.38. The Morgan fingerprint density at radius 2 is 2.04 bits per heavy atom. The summed E-state index contributed by atoms with van der Waals surface area (Å²) >= 11 is 1.56. The first kappa shape index (κ1) is 18.8. The molecule has 0 aliphatic carbocycles. The third kappa shape index (κ3) is 3.72. The molecule has 4 rings (SSSR count). The highest BCUT2D eigenvalue weighted by Gasteiger charge is 2.20. The Kier molecular flexibility index (Phi) is 5.54. The molecule has 1 aliphatic heterocycles. The number of benzene rings is 1. The van der Waals surface area contributed by atoms with E-state index in [1.54, 1.807) is 24.9 Å². The number of thioether (sulfide) groups is 1. The second kappa shape index (κ2) is 8.24. The van der Waals surface area contributed by atoms with Crippen LogP contribution in [-0.4, -0.2) is 48.2 Å². The van der Waals surface area contributed by atoms with Gasteiger partial charge in [0.05, 0.1) is 20.3 Å². The smallest absolute Gasteiger partial charge is 0.336 e. The van der Waals surface area contributed by atoms with E-state index in [4.69, 9.17) is 13.9 Å². The lowest BCUT2D eigenvalue weighted by molar-refractivity contribution is 0.121. The van der Waals surface area contributed by atoms with Gasteiger partial charge in [0.25, 0.3) is 0 Å². The van der Waals surface area contributed by atoms with E-state index in [0.717, 1.165) is 41.7 Å². The van der Waals surface area contributed by atoms with Crippen LogP contribution < -0.4 is 15.3 Å². The van der Waals surface area contributed by atoms with Gasteiger partial charge in [-0.3, -0.25) is 4.57 Å². The average molecular weight is 402 g/mol. The molecule has 8 nitrogen and oxygen atoms in total. The molecule has 9 heteroatoms. The molecule has 1 fully saturated rings. The zero-order valence-corrected chi connectivity index (χ0v) is 16.7.